The van der Waals surface area contributed by atoms with Crippen molar-refractivity contribution in [1.29, 1.82) is 5.26 Å². The number of anilines is 1. The Morgan fingerprint density at radius 1 is 1.17 bits per heavy atom. The van der Waals surface area contributed by atoms with Gasteiger partial charge in [0.1, 0.15) is 24.9 Å². The van der Waals surface area contributed by atoms with Crippen LogP contribution in [0.5, 0.6) is 11.5 Å². The number of hydrogen-bond donors (Lipinski definition) is 1. The fourth-order valence-corrected chi connectivity index (χ4v) is 2.39. The van der Waals surface area contributed by atoms with E-state index in [1.54, 1.807) is 24.3 Å². The second-order valence-corrected chi connectivity index (χ2v) is 5.40. The highest BCUT2D eigenvalue weighted by molar-refractivity contribution is 6.09. The molecule has 0 fully saturated rings. The highest BCUT2D eigenvalue weighted by Gasteiger charge is 2.14. The second-order valence-electron chi connectivity index (χ2n) is 5.40. The number of nitriles is 1. The van der Waals surface area contributed by atoms with Crippen LogP contribution in [0.15, 0.2) is 48.0 Å². The van der Waals surface area contributed by atoms with Gasteiger partial charge < -0.3 is 14.8 Å². The SMILES string of the molecule is Cc1cccc(/C=C(\C#N)C(=O)Nc2ccc3c(c2)OCCO3)c1. The van der Waals surface area contributed by atoms with Crippen molar-refractivity contribution in [3.8, 4) is 17.6 Å². The summed E-state index contributed by atoms with van der Waals surface area (Å²) >= 11 is 0. The quantitative estimate of drug-likeness (QED) is 0.695. The van der Waals surface area contributed by atoms with Gasteiger partial charge in [0.2, 0.25) is 0 Å². The average molecular weight is 320 g/mol. The van der Waals surface area contributed by atoms with E-state index >= 15 is 0 Å². The molecule has 5 heteroatoms. The van der Waals surface area contributed by atoms with E-state index < -0.39 is 5.91 Å². The van der Waals surface area contributed by atoms with Gasteiger partial charge in [0, 0.05) is 11.8 Å². The standard InChI is InChI=1S/C19H16N2O3/c1-13-3-2-4-14(9-13)10-15(12-20)19(22)21-16-5-6-17-18(11-16)24-8-7-23-17/h2-6,9-11H,7-8H2,1H3,(H,21,22)/b15-10+. The molecule has 0 atom stereocenters. The van der Waals surface area contributed by atoms with Crippen molar-refractivity contribution in [2.75, 3.05) is 18.5 Å². The molecule has 2 aromatic rings. The highest BCUT2D eigenvalue weighted by atomic mass is 16.6. The number of carbonyl (C=O) groups is 1. The Balaban J connectivity index is 1.79. The van der Waals surface area contributed by atoms with Crippen molar-refractivity contribution < 1.29 is 14.3 Å². The zero-order valence-electron chi connectivity index (χ0n) is 13.2. The lowest BCUT2D eigenvalue weighted by molar-refractivity contribution is -0.112. The zero-order valence-corrected chi connectivity index (χ0v) is 13.2. The molecule has 0 aliphatic carbocycles. The number of fused-ring (bicyclic) bond motifs is 1. The fourth-order valence-electron chi connectivity index (χ4n) is 2.39. The van der Waals surface area contributed by atoms with Gasteiger partial charge in [-0.15, -0.1) is 0 Å². The first-order valence-electron chi connectivity index (χ1n) is 7.55. The van der Waals surface area contributed by atoms with Crippen LogP contribution >= 0.6 is 0 Å². The number of hydrogen-bond acceptors (Lipinski definition) is 4. The smallest absolute Gasteiger partial charge is 0.266 e. The third-order valence-corrected chi connectivity index (χ3v) is 3.52. The average Bonchev–Trinajstić information content (AvgIpc) is 2.59. The van der Waals surface area contributed by atoms with Crippen molar-refractivity contribution in [2.24, 2.45) is 0 Å². The Bertz CT molecular complexity index is 850. The van der Waals surface area contributed by atoms with E-state index in [1.807, 2.05) is 37.3 Å². The Hall–Kier alpha value is -3.26. The van der Waals surface area contributed by atoms with E-state index in [-0.39, 0.29) is 5.57 Å². The van der Waals surface area contributed by atoms with Gasteiger partial charge in [0.15, 0.2) is 11.5 Å². The molecule has 1 N–H and O–H groups in total. The summed E-state index contributed by atoms with van der Waals surface area (Å²) in [5, 5.41) is 12.0. The van der Waals surface area contributed by atoms with Crippen molar-refractivity contribution in [1.82, 2.24) is 0 Å². The molecule has 1 heterocycles. The maximum atomic E-state index is 12.3. The van der Waals surface area contributed by atoms with E-state index in [4.69, 9.17) is 9.47 Å². The largest absolute Gasteiger partial charge is 0.486 e. The molecule has 0 bridgehead atoms. The normalized spacial score (nSPS) is 13.1. The lowest BCUT2D eigenvalue weighted by Gasteiger charge is -2.18. The lowest BCUT2D eigenvalue weighted by atomic mass is 10.1. The summed E-state index contributed by atoms with van der Waals surface area (Å²) < 4.78 is 10.9. The van der Waals surface area contributed by atoms with Gasteiger partial charge in [0.05, 0.1) is 0 Å². The minimum absolute atomic E-state index is 0.0375. The molecule has 24 heavy (non-hydrogen) atoms. The molecule has 5 nitrogen and oxygen atoms in total. The van der Waals surface area contributed by atoms with Crippen LogP contribution in [0.1, 0.15) is 11.1 Å². The Kier molecular flexibility index (Phi) is 4.48. The van der Waals surface area contributed by atoms with Crippen molar-refractivity contribution >= 4 is 17.7 Å². The Labute approximate surface area is 140 Å². The molecule has 120 valence electrons. The molecule has 0 spiro atoms. The molecule has 0 radical (unpaired) electrons. The second kappa shape index (κ2) is 6.88. The molecule has 1 amide bonds. The first-order valence-corrected chi connectivity index (χ1v) is 7.55. The summed E-state index contributed by atoms with van der Waals surface area (Å²) in [6, 6.07) is 14.7. The molecule has 0 unspecified atom stereocenters. The van der Waals surface area contributed by atoms with Gasteiger partial charge >= 0.3 is 0 Å². The summed E-state index contributed by atoms with van der Waals surface area (Å²) in [5.41, 5.74) is 2.46. The minimum atomic E-state index is -0.462. The molecular formula is C19H16N2O3. The number of aryl methyl sites for hydroxylation is 1. The number of nitrogens with zero attached hydrogens (tertiary/aromatic N) is 1. The van der Waals surface area contributed by atoms with E-state index in [0.29, 0.717) is 30.4 Å². The number of carbonyl (C=O) groups excluding carboxylic acids is 1. The van der Waals surface area contributed by atoms with Crippen LogP contribution in [-0.4, -0.2) is 19.1 Å². The predicted octanol–water partition coefficient (Wildman–Crippen LogP) is 3.31. The van der Waals surface area contributed by atoms with E-state index in [1.165, 1.54) is 0 Å². The third-order valence-electron chi connectivity index (χ3n) is 3.52. The number of ether oxygens (including phenoxy) is 2. The summed E-state index contributed by atoms with van der Waals surface area (Å²) in [6.07, 6.45) is 1.57. The van der Waals surface area contributed by atoms with Gasteiger partial charge in [-0.3, -0.25) is 4.79 Å². The lowest BCUT2D eigenvalue weighted by Crippen LogP contribution is -2.17. The molecule has 0 aromatic heterocycles. The molecule has 1 aliphatic rings. The summed E-state index contributed by atoms with van der Waals surface area (Å²) in [6.45, 7) is 2.94. The third kappa shape index (κ3) is 3.55. The van der Waals surface area contributed by atoms with Crippen molar-refractivity contribution in [3.05, 3.63) is 59.2 Å². The van der Waals surface area contributed by atoms with Crippen LogP contribution in [0.3, 0.4) is 0 Å². The van der Waals surface area contributed by atoms with Crippen LogP contribution < -0.4 is 14.8 Å². The molecule has 0 saturated heterocycles. The fraction of sp³-hybridized carbons (Fsp3) is 0.158. The van der Waals surface area contributed by atoms with E-state index in [9.17, 15) is 10.1 Å². The molecule has 2 aromatic carbocycles. The van der Waals surface area contributed by atoms with Crippen LogP contribution in [0, 0.1) is 18.3 Å². The molecule has 0 saturated carbocycles. The first kappa shape index (κ1) is 15.6. The molecule has 3 rings (SSSR count). The minimum Gasteiger partial charge on any atom is -0.486 e. The monoisotopic (exact) mass is 320 g/mol. The first-order chi connectivity index (χ1) is 11.7. The van der Waals surface area contributed by atoms with Crippen LogP contribution in [0.4, 0.5) is 5.69 Å². The van der Waals surface area contributed by atoms with E-state index in [0.717, 1.165) is 11.1 Å². The van der Waals surface area contributed by atoms with Gasteiger partial charge in [-0.1, -0.05) is 29.8 Å². The van der Waals surface area contributed by atoms with Crippen LogP contribution in [-0.2, 0) is 4.79 Å². The van der Waals surface area contributed by atoms with Crippen molar-refractivity contribution in [3.63, 3.8) is 0 Å². The molecule has 1 aliphatic heterocycles. The number of amides is 1. The predicted molar refractivity (Wildman–Crippen MR) is 90.8 cm³/mol. The number of rotatable bonds is 3. The zero-order chi connectivity index (χ0) is 16.9. The number of nitrogens with one attached hydrogen (secondary N) is 1. The van der Waals surface area contributed by atoms with E-state index in [2.05, 4.69) is 5.32 Å². The Morgan fingerprint density at radius 2 is 1.96 bits per heavy atom. The Morgan fingerprint density at radius 3 is 2.71 bits per heavy atom. The summed E-state index contributed by atoms with van der Waals surface area (Å²) in [7, 11) is 0. The van der Waals surface area contributed by atoms with Crippen LogP contribution in [0.2, 0.25) is 0 Å². The topological polar surface area (TPSA) is 71.4 Å². The van der Waals surface area contributed by atoms with Crippen LogP contribution in [0.25, 0.3) is 6.08 Å². The highest BCUT2D eigenvalue weighted by Crippen LogP contribution is 2.32. The molecular weight excluding hydrogens is 304 g/mol. The van der Waals surface area contributed by atoms with Gasteiger partial charge in [0.25, 0.3) is 5.91 Å². The van der Waals surface area contributed by atoms with Gasteiger partial charge in [-0.05, 0) is 30.7 Å². The summed E-state index contributed by atoms with van der Waals surface area (Å²) in [5.74, 6) is 0.769. The number of benzene rings is 2. The van der Waals surface area contributed by atoms with Gasteiger partial charge in [-0.25, -0.2) is 0 Å². The summed E-state index contributed by atoms with van der Waals surface area (Å²) in [4.78, 5) is 12.3. The maximum Gasteiger partial charge on any atom is 0.266 e. The van der Waals surface area contributed by atoms with Crippen molar-refractivity contribution in [2.45, 2.75) is 6.92 Å². The van der Waals surface area contributed by atoms with Gasteiger partial charge in [-0.2, -0.15) is 5.26 Å². The maximum absolute atomic E-state index is 12.3.